The van der Waals surface area contributed by atoms with Crippen molar-refractivity contribution >= 4 is 40.5 Å². The summed E-state index contributed by atoms with van der Waals surface area (Å²) in [7, 11) is 0. The van der Waals surface area contributed by atoms with Crippen LogP contribution in [0.4, 0.5) is 11.5 Å². The first-order valence-electron chi connectivity index (χ1n) is 7.34. The largest absolute Gasteiger partial charge is 0.357 e. The van der Waals surface area contributed by atoms with Crippen molar-refractivity contribution in [1.82, 2.24) is 9.97 Å². The van der Waals surface area contributed by atoms with Gasteiger partial charge >= 0.3 is 0 Å². The third-order valence-corrected chi connectivity index (χ3v) is 5.41. The summed E-state index contributed by atoms with van der Waals surface area (Å²) in [4.78, 5) is 22.8. The highest BCUT2D eigenvalue weighted by Gasteiger charge is 2.12. The molecule has 2 aromatic rings. The zero-order valence-electron chi connectivity index (χ0n) is 12.2. The van der Waals surface area contributed by atoms with Crippen LogP contribution in [0.5, 0.6) is 0 Å². The number of carbonyl (C=O) groups is 1. The Morgan fingerprint density at radius 2 is 2.14 bits per heavy atom. The summed E-state index contributed by atoms with van der Waals surface area (Å²) in [6, 6.07) is 3.90. The normalized spacial score (nSPS) is 14.8. The average molecular weight is 334 g/mol. The zero-order valence-corrected chi connectivity index (χ0v) is 13.8. The molecule has 1 aliphatic rings. The van der Waals surface area contributed by atoms with Gasteiger partial charge in [0.2, 0.25) is 5.91 Å². The second-order valence-corrected chi connectivity index (χ2v) is 7.20. The molecule has 0 spiro atoms. The molecule has 0 saturated carbocycles. The van der Waals surface area contributed by atoms with Crippen molar-refractivity contribution in [1.29, 1.82) is 0 Å². The summed E-state index contributed by atoms with van der Waals surface area (Å²) >= 11 is 2.99. The highest BCUT2D eigenvalue weighted by molar-refractivity contribution is 8.01. The number of anilines is 2. The molecule has 3 heterocycles. The Kier molecular flexibility index (Phi) is 5.29. The molecule has 1 N–H and O–H groups in total. The van der Waals surface area contributed by atoms with E-state index in [0.717, 1.165) is 28.9 Å². The Balaban J connectivity index is 1.50. The fraction of sp³-hybridized carbons (Fsp3) is 0.400. The molecule has 0 aromatic carbocycles. The van der Waals surface area contributed by atoms with Gasteiger partial charge in [0.15, 0.2) is 0 Å². The predicted molar refractivity (Wildman–Crippen MR) is 91.8 cm³/mol. The Labute approximate surface area is 138 Å². The molecule has 0 atom stereocenters. The molecule has 2 aromatic heterocycles. The minimum Gasteiger partial charge on any atom is -0.357 e. The lowest BCUT2D eigenvalue weighted by atomic mass is 10.1. The fourth-order valence-corrected chi connectivity index (χ4v) is 3.81. The Morgan fingerprint density at radius 3 is 2.82 bits per heavy atom. The maximum atomic E-state index is 11.9. The highest BCUT2D eigenvalue weighted by atomic mass is 32.2. The first-order chi connectivity index (χ1) is 10.8. The van der Waals surface area contributed by atoms with E-state index in [1.807, 2.05) is 17.5 Å². The zero-order chi connectivity index (χ0) is 15.2. The number of nitrogens with one attached hydrogen (secondary N) is 1. The summed E-state index contributed by atoms with van der Waals surface area (Å²) in [6.45, 7) is 2.15. The molecule has 22 heavy (non-hydrogen) atoms. The number of amides is 1. The van der Waals surface area contributed by atoms with E-state index in [4.69, 9.17) is 0 Å². The van der Waals surface area contributed by atoms with Gasteiger partial charge in [0.1, 0.15) is 10.2 Å². The van der Waals surface area contributed by atoms with Gasteiger partial charge in [-0.15, -0.1) is 11.3 Å². The molecule has 1 saturated heterocycles. The average Bonchev–Trinajstić information content (AvgIpc) is 3.08. The molecule has 7 heteroatoms. The van der Waals surface area contributed by atoms with Crippen molar-refractivity contribution in [3.8, 4) is 0 Å². The van der Waals surface area contributed by atoms with Crippen LogP contribution in [-0.4, -0.2) is 34.7 Å². The second kappa shape index (κ2) is 7.60. The first kappa shape index (κ1) is 15.3. The number of carbonyl (C=O) groups excluding carboxylic acids is 1. The number of pyridine rings is 1. The Morgan fingerprint density at radius 1 is 1.27 bits per heavy atom. The van der Waals surface area contributed by atoms with Crippen LogP contribution in [0.25, 0.3) is 0 Å². The number of thioether (sulfide) groups is 1. The van der Waals surface area contributed by atoms with Gasteiger partial charge in [-0.05, 0) is 31.4 Å². The van der Waals surface area contributed by atoms with Gasteiger partial charge in [0.25, 0.3) is 0 Å². The van der Waals surface area contributed by atoms with Gasteiger partial charge in [-0.1, -0.05) is 11.8 Å². The van der Waals surface area contributed by atoms with Crippen LogP contribution in [0, 0.1) is 0 Å². The first-order valence-corrected chi connectivity index (χ1v) is 9.21. The van der Waals surface area contributed by atoms with E-state index in [-0.39, 0.29) is 5.91 Å². The maximum Gasteiger partial charge on any atom is 0.234 e. The Hall–Kier alpha value is -1.60. The lowest BCUT2D eigenvalue weighted by molar-refractivity contribution is -0.113. The van der Waals surface area contributed by atoms with E-state index in [9.17, 15) is 4.79 Å². The van der Waals surface area contributed by atoms with Crippen LogP contribution >= 0.6 is 23.1 Å². The minimum atomic E-state index is -0.0345. The van der Waals surface area contributed by atoms with Gasteiger partial charge in [-0.2, -0.15) is 0 Å². The molecule has 116 valence electrons. The summed E-state index contributed by atoms with van der Waals surface area (Å²) in [5.74, 6) is 1.32. The third-order valence-electron chi connectivity index (χ3n) is 3.45. The van der Waals surface area contributed by atoms with Crippen LogP contribution in [-0.2, 0) is 4.79 Å². The minimum absolute atomic E-state index is 0.0345. The van der Waals surface area contributed by atoms with Crippen LogP contribution in [0.2, 0.25) is 0 Å². The molecule has 3 rings (SSSR count). The summed E-state index contributed by atoms with van der Waals surface area (Å²) < 4.78 is 0.911. The molecule has 1 amide bonds. The molecule has 0 aliphatic carbocycles. The van der Waals surface area contributed by atoms with Gasteiger partial charge in [0, 0.05) is 24.7 Å². The number of thiazole rings is 1. The maximum absolute atomic E-state index is 11.9. The van der Waals surface area contributed by atoms with Crippen molar-refractivity contribution in [2.75, 3.05) is 29.1 Å². The highest BCUT2D eigenvalue weighted by Crippen LogP contribution is 2.21. The second-order valence-electron chi connectivity index (χ2n) is 5.09. The van der Waals surface area contributed by atoms with Crippen molar-refractivity contribution < 1.29 is 4.79 Å². The van der Waals surface area contributed by atoms with Crippen molar-refractivity contribution in [2.24, 2.45) is 0 Å². The van der Waals surface area contributed by atoms with Crippen molar-refractivity contribution in [3.05, 3.63) is 29.9 Å². The molecule has 0 radical (unpaired) electrons. The molecular formula is C15H18N4OS2. The number of nitrogens with zero attached hydrogens (tertiary/aromatic N) is 3. The van der Waals surface area contributed by atoms with E-state index in [2.05, 4.69) is 20.2 Å². The lowest BCUT2D eigenvalue weighted by Gasteiger charge is -2.27. The SMILES string of the molecule is O=C(CSc1nccs1)Nc1ccc(N2CCCCC2)nc1. The van der Waals surface area contributed by atoms with Crippen molar-refractivity contribution in [3.63, 3.8) is 0 Å². The van der Waals surface area contributed by atoms with E-state index in [0.29, 0.717) is 5.75 Å². The molecule has 1 fully saturated rings. The third kappa shape index (κ3) is 4.20. The van der Waals surface area contributed by atoms with E-state index in [1.165, 1.54) is 31.0 Å². The van der Waals surface area contributed by atoms with Gasteiger partial charge in [0.05, 0.1) is 17.6 Å². The number of piperidine rings is 1. The van der Waals surface area contributed by atoms with Crippen LogP contribution in [0.1, 0.15) is 19.3 Å². The molecule has 0 unspecified atom stereocenters. The van der Waals surface area contributed by atoms with Gasteiger partial charge < -0.3 is 10.2 Å². The summed E-state index contributed by atoms with van der Waals surface area (Å²) in [5.41, 5.74) is 0.741. The standard InChI is InChI=1S/C15H18N4OS2/c20-14(11-22-15-16-6-9-21-15)18-12-4-5-13(17-10-12)19-7-2-1-3-8-19/h4-6,9-10H,1-3,7-8,11H2,(H,18,20). The summed E-state index contributed by atoms with van der Waals surface area (Å²) in [6.07, 6.45) is 7.24. The fourth-order valence-electron chi connectivity index (χ4n) is 2.38. The van der Waals surface area contributed by atoms with Crippen LogP contribution in [0.15, 0.2) is 34.2 Å². The van der Waals surface area contributed by atoms with Gasteiger partial charge in [-0.3, -0.25) is 4.79 Å². The number of rotatable bonds is 5. The number of hydrogen-bond acceptors (Lipinski definition) is 6. The van der Waals surface area contributed by atoms with Crippen LogP contribution in [0.3, 0.4) is 0 Å². The monoisotopic (exact) mass is 334 g/mol. The number of aromatic nitrogens is 2. The lowest BCUT2D eigenvalue weighted by Crippen LogP contribution is -2.30. The molecule has 5 nitrogen and oxygen atoms in total. The predicted octanol–water partition coefficient (Wildman–Crippen LogP) is 3.26. The van der Waals surface area contributed by atoms with Crippen LogP contribution < -0.4 is 10.2 Å². The van der Waals surface area contributed by atoms with Crippen molar-refractivity contribution in [2.45, 2.75) is 23.6 Å². The topological polar surface area (TPSA) is 58.1 Å². The number of hydrogen-bond donors (Lipinski definition) is 1. The van der Waals surface area contributed by atoms with E-state index in [1.54, 1.807) is 23.7 Å². The Bertz CT molecular complexity index is 595. The molecule has 1 aliphatic heterocycles. The quantitative estimate of drug-likeness (QED) is 0.851. The van der Waals surface area contributed by atoms with E-state index < -0.39 is 0 Å². The summed E-state index contributed by atoms with van der Waals surface area (Å²) in [5, 5.41) is 4.78. The smallest absolute Gasteiger partial charge is 0.234 e. The molecule has 0 bridgehead atoms. The van der Waals surface area contributed by atoms with E-state index >= 15 is 0 Å². The van der Waals surface area contributed by atoms with Gasteiger partial charge in [-0.25, -0.2) is 9.97 Å². The molecular weight excluding hydrogens is 316 g/mol.